The highest BCUT2D eigenvalue weighted by atomic mass is 19.1. The summed E-state index contributed by atoms with van der Waals surface area (Å²) in [6.07, 6.45) is 0. The Bertz CT molecular complexity index is 942. The van der Waals surface area contributed by atoms with Gasteiger partial charge in [-0.15, -0.1) is 5.10 Å². The molecule has 6 heteroatoms. The smallest absolute Gasteiger partial charge is 0.437 e. The van der Waals surface area contributed by atoms with Crippen LogP contribution in [0.15, 0.2) is 51.7 Å². The van der Waals surface area contributed by atoms with Gasteiger partial charge < -0.3 is 9.15 Å². The summed E-state index contributed by atoms with van der Waals surface area (Å²) in [5.74, 6) is 0.443. The minimum absolute atomic E-state index is 0.159. The highest BCUT2D eigenvalue weighted by molar-refractivity contribution is 5.51. The number of nitrogens with zero attached hydrogens (tertiary/aromatic N) is 2. The Hall–Kier alpha value is -2.89. The molecule has 0 radical (unpaired) electrons. The van der Waals surface area contributed by atoms with Crippen LogP contribution in [0, 0.1) is 12.7 Å². The minimum Gasteiger partial charge on any atom is -0.492 e. The summed E-state index contributed by atoms with van der Waals surface area (Å²) in [5, 5.41) is 4.13. The molecule has 0 saturated carbocycles. The second-order valence-corrected chi connectivity index (χ2v) is 6.42. The Labute approximate surface area is 151 Å². The van der Waals surface area contributed by atoms with Gasteiger partial charge in [0.2, 0.25) is 5.89 Å². The van der Waals surface area contributed by atoms with Crippen molar-refractivity contribution in [2.75, 3.05) is 6.61 Å². The van der Waals surface area contributed by atoms with E-state index in [1.807, 2.05) is 12.1 Å². The highest BCUT2D eigenvalue weighted by Crippen LogP contribution is 2.23. The standard InChI is InChI=1S/C20H21FN2O3/c1-13(2)18-9-8-17(12-14(18)3)25-11-10-23-20(24)26-19(22-23)15-4-6-16(21)7-5-15/h4-9,12-13H,10-11H2,1-3H3. The molecule has 0 aliphatic heterocycles. The lowest BCUT2D eigenvalue weighted by atomic mass is 9.98. The Balaban J connectivity index is 1.64. The van der Waals surface area contributed by atoms with Crippen LogP contribution in [0.4, 0.5) is 4.39 Å². The molecular weight excluding hydrogens is 335 g/mol. The summed E-state index contributed by atoms with van der Waals surface area (Å²) in [6, 6.07) is 11.6. The van der Waals surface area contributed by atoms with Gasteiger partial charge in [-0.2, -0.15) is 4.68 Å². The zero-order valence-corrected chi connectivity index (χ0v) is 15.0. The maximum absolute atomic E-state index is 13.0. The molecule has 0 aliphatic carbocycles. The first kappa shape index (κ1) is 17.9. The molecule has 0 bridgehead atoms. The Kier molecular flexibility index (Phi) is 5.21. The number of halogens is 1. The number of hydrogen-bond acceptors (Lipinski definition) is 4. The molecule has 0 fully saturated rings. The van der Waals surface area contributed by atoms with Crippen LogP contribution in [0.1, 0.15) is 30.9 Å². The zero-order chi connectivity index (χ0) is 18.7. The summed E-state index contributed by atoms with van der Waals surface area (Å²) in [4.78, 5) is 11.9. The minimum atomic E-state index is -0.570. The van der Waals surface area contributed by atoms with Gasteiger partial charge in [0.25, 0.3) is 0 Å². The second-order valence-electron chi connectivity index (χ2n) is 6.42. The van der Waals surface area contributed by atoms with Crippen molar-refractivity contribution in [1.82, 2.24) is 9.78 Å². The first-order chi connectivity index (χ1) is 12.4. The second kappa shape index (κ2) is 7.56. The average Bonchev–Trinajstić information content (AvgIpc) is 2.96. The Morgan fingerprint density at radius 3 is 2.58 bits per heavy atom. The van der Waals surface area contributed by atoms with Crippen LogP contribution >= 0.6 is 0 Å². The van der Waals surface area contributed by atoms with Crippen molar-refractivity contribution >= 4 is 0 Å². The van der Waals surface area contributed by atoms with E-state index in [0.717, 1.165) is 5.75 Å². The molecule has 3 rings (SSSR count). The van der Waals surface area contributed by atoms with Gasteiger partial charge in [0.05, 0.1) is 6.54 Å². The van der Waals surface area contributed by atoms with E-state index in [0.29, 0.717) is 11.5 Å². The number of ether oxygens (including phenoxy) is 1. The van der Waals surface area contributed by atoms with E-state index < -0.39 is 5.76 Å². The van der Waals surface area contributed by atoms with E-state index in [4.69, 9.17) is 9.15 Å². The van der Waals surface area contributed by atoms with Gasteiger partial charge in [-0.3, -0.25) is 0 Å². The topological polar surface area (TPSA) is 57.3 Å². The molecule has 1 aromatic heterocycles. The van der Waals surface area contributed by atoms with E-state index in [-0.39, 0.29) is 24.9 Å². The van der Waals surface area contributed by atoms with Crippen molar-refractivity contribution in [2.24, 2.45) is 0 Å². The molecule has 0 atom stereocenters. The predicted octanol–water partition coefficient (Wildman–Crippen LogP) is 4.15. The Morgan fingerprint density at radius 1 is 1.19 bits per heavy atom. The molecule has 3 aromatic rings. The molecule has 26 heavy (non-hydrogen) atoms. The lowest BCUT2D eigenvalue weighted by molar-refractivity contribution is 0.285. The van der Waals surface area contributed by atoms with Crippen LogP contribution in [-0.2, 0) is 6.54 Å². The third kappa shape index (κ3) is 4.02. The van der Waals surface area contributed by atoms with E-state index in [1.165, 1.54) is 40.1 Å². The molecule has 0 N–H and O–H groups in total. The molecule has 1 heterocycles. The fourth-order valence-electron chi connectivity index (χ4n) is 2.79. The molecule has 5 nitrogen and oxygen atoms in total. The molecule has 0 amide bonds. The molecule has 0 spiro atoms. The van der Waals surface area contributed by atoms with Crippen molar-refractivity contribution < 1.29 is 13.5 Å². The maximum atomic E-state index is 13.0. The van der Waals surface area contributed by atoms with Crippen LogP contribution in [0.25, 0.3) is 11.5 Å². The molecule has 2 aromatic carbocycles. The number of aromatic nitrogens is 2. The van der Waals surface area contributed by atoms with Crippen molar-refractivity contribution in [3.8, 4) is 17.2 Å². The van der Waals surface area contributed by atoms with Crippen LogP contribution < -0.4 is 10.5 Å². The lowest BCUT2D eigenvalue weighted by Crippen LogP contribution is -2.20. The quantitative estimate of drug-likeness (QED) is 0.666. The van der Waals surface area contributed by atoms with Crippen LogP contribution in [0.5, 0.6) is 5.75 Å². The fraction of sp³-hybridized carbons (Fsp3) is 0.300. The van der Waals surface area contributed by atoms with Gasteiger partial charge in [-0.05, 0) is 60.4 Å². The molecule has 0 aliphatic rings. The number of benzene rings is 2. The number of aryl methyl sites for hydroxylation is 1. The van der Waals surface area contributed by atoms with E-state index in [9.17, 15) is 9.18 Å². The van der Waals surface area contributed by atoms with Gasteiger partial charge >= 0.3 is 5.76 Å². The van der Waals surface area contributed by atoms with Crippen molar-refractivity contribution in [2.45, 2.75) is 33.2 Å². The van der Waals surface area contributed by atoms with Crippen molar-refractivity contribution in [1.29, 1.82) is 0 Å². The largest absolute Gasteiger partial charge is 0.492 e. The maximum Gasteiger partial charge on any atom is 0.437 e. The molecule has 136 valence electrons. The third-order valence-electron chi connectivity index (χ3n) is 4.13. The van der Waals surface area contributed by atoms with E-state index in [2.05, 4.69) is 31.9 Å². The Morgan fingerprint density at radius 2 is 1.92 bits per heavy atom. The summed E-state index contributed by atoms with van der Waals surface area (Å²) in [5.41, 5.74) is 3.01. The van der Waals surface area contributed by atoms with Gasteiger partial charge in [0, 0.05) is 5.56 Å². The van der Waals surface area contributed by atoms with Gasteiger partial charge in [0.1, 0.15) is 18.2 Å². The number of hydrogen-bond donors (Lipinski definition) is 0. The fourth-order valence-corrected chi connectivity index (χ4v) is 2.79. The summed E-state index contributed by atoms with van der Waals surface area (Å²) in [6.45, 7) is 6.90. The normalized spacial score (nSPS) is 11.1. The molecule has 0 unspecified atom stereocenters. The predicted molar refractivity (Wildman–Crippen MR) is 96.9 cm³/mol. The summed E-state index contributed by atoms with van der Waals surface area (Å²) in [7, 11) is 0. The monoisotopic (exact) mass is 356 g/mol. The zero-order valence-electron chi connectivity index (χ0n) is 15.0. The summed E-state index contributed by atoms with van der Waals surface area (Å²) >= 11 is 0. The molecular formula is C20H21FN2O3. The van der Waals surface area contributed by atoms with Gasteiger partial charge in [0.15, 0.2) is 0 Å². The molecule has 0 saturated heterocycles. The first-order valence-electron chi connectivity index (χ1n) is 8.51. The third-order valence-corrected chi connectivity index (χ3v) is 4.13. The lowest BCUT2D eigenvalue weighted by Gasteiger charge is -2.12. The van der Waals surface area contributed by atoms with Crippen molar-refractivity contribution in [3.63, 3.8) is 0 Å². The van der Waals surface area contributed by atoms with Crippen LogP contribution in [0.3, 0.4) is 0 Å². The van der Waals surface area contributed by atoms with Crippen LogP contribution in [-0.4, -0.2) is 16.4 Å². The van der Waals surface area contributed by atoms with Crippen LogP contribution in [0.2, 0.25) is 0 Å². The highest BCUT2D eigenvalue weighted by Gasteiger charge is 2.11. The van der Waals surface area contributed by atoms with Gasteiger partial charge in [-0.1, -0.05) is 19.9 Å². The number of rotatable bonds is 6. The SMILES string of the molecule is Cc1cc(OCCn2nc(-c3ccc(F)cc3)oc2=O)ccc1C(C)C. The summed E-state index contributed by atoms with van der Waals surface area (Å²) < 4.78 is 25.0. The first-order valence-corrected chi connectivity index (χ1v) is 8.51. The van der Waals surface area contributed by atoms with E-state index in [1.54, 1.807) is 0 Å². The van der Waals surface area contributed by atoms with Crippen molar-refractivity contribution in [3.05, 3.63) is 70.0 Å². The van der Waals surface area contributed by atoms with E-state index >= 15 is 0 Å². The van der Waals surface area contributed by atoms with Gasteiger partial charge in [-0.25, -0.2) is 9.18 Å². The average molecular weight is 356 g/mol.